The van der Waals surface area contributed by atoms with Crippen molar-refractivity contribution in [1.82, 2.24) is 19.7 Å². The van der Waals surface area contributed by atoms with Gasteiger partial charge in [-0.25, -0.2) is 23.1 Å². The molecule has 0 unspecified atom stereocenters. The monoisotopic (exact) mass is 351 g/mol. The highest BCUT2D eigenvalue weighted by Crippen LogP contribution is 2.31. The van der Waals surface area contributed by atoms with Crippen LogP contribution in [0, 0.1) is 5.92 Å². The van der Waals surface area contributed by atoms with Gasteiger partial charge >= 0.3 is 0 Å². The molecule has 1 saturated carbocycles. The summed E-state index contributed by atoms with van der Waals surface area (Å²) in [7, 11) is -1.07. The number of H-pyrrole nitrogens is 1. The molecule has 0 aliphatic heterocycles. The second kappa shape index (κ2) is 7.06. The molecule has 0 amide bonds. The van der Waals surface area contributed by atoms with Crippen LogP contribution in [-0.2, 0) is 10.0 Å². The molecule has 8 heteroatoms. The first-order valence-electron chi connectivity index (χ1n) is 8.48. The minimum Gasteiger partial charge on any atom is -0.356 e. The molecular weight excluding hydrogens is 326 g/mol. The van der Waals surface area contributed by atoms with E-state index in [1.54, 1.807) is 6.33 Å². The van der Waals surface area contributed by atoms with Crippen LogP contribution < -0.4 is 9.62 Å². The summed E-state index contributed by atoms with van der Waals surface area (Å²) >= 11 is 0. The van der Waals surface area contributed by atoms with Gasteiger partial charge < -0.3 is 9.88 Å². The van der Waals surface area contributed by atoms with Gasteiger partial charge in [0.25, 0.3) is 0 Å². The largest absolute Gasteiger partial charge is 0.356 e. The van der Waals surface area contributed by atoms with Crippen molar-refractivity contribution in [3.63, 3.8) is 0 Å². The zero-order valence-electron chi connectivity index (χ0n) is 14.2. The molecule has 0 atom stereocenters. The Balaban J connectivity index is 1.63. The van der Waals surface area contributed by atoms with Gasteiger partial charge in [0.2, 0.25) is 10.0 Å². The number of aromatic amines is 1. The molecule has 1 aliphatic rings. The van der Waals surface area contributed by atoms with Gasteiger partial charge in [-0.3, -0.25) is 0 Å². The van der Waals surface area contributed by atoms with Gasteiger partial charge in [-0.15, -0.1) is 0 Å². The number of anilines is 1. The predicted octanol–water partition coefficient (Wildman–Crippen LogP) is 1.89. The summed E-state index contributed by atoms with van der Waals surface area (Å²) in [5.41, 5.74) is 0.845. The molecule has 0 spiro atoms. The average Bonchev–Trinajstić information content (AvgIpc) is 3.03. The van der Waals surface area contributed by atoms with Gasteiger partial charge in [0.15, 0.2) is 0 Å². The fraction of sp³-hybridized carbons (Fsp3) is 0.625. The van der Waals surface area contributed by atoms with Crippen molar-refractivity contribution in [1.29, 1.82) is 0 Å². The lowest BCUT2D eigenvalue weighted by molar-refractivity contribution is 0.340. The fourth-order valence-electron chi connectivity index (χ4n) is 3.60. The number of fused-ring (bicyclic) bond motifs is 1. The Morgan fingerprint density at radius 2 is 2.04 bits per heavy atom. The Hall–Kier alpha value is -1.67. The van der Waals surface area contributed by atoms with E-state index >= 15 is 0 Å². The van der Waals surface area contributed by atoms with Gasteiger partial charge in [0.05, 0.1) is 11.1 Å². The minimum atomic E-state index is -3.13. The summed E-state index contributed by atoms with van der Waals surface area (Å²) in [4.78, 5) is 14.0. The number of nitrogens with one attached hydrogen (secondary N) is 2. The van der Waals surface area contributed by atoms with Crippen molar-refractivity contribution in [2.24, 2.45) is 5.92 Å². The van der Waals surface area contributed by atoms with Crippen molar-refractivity contribution in [2.45, 2.75) is 38.6 Å². The summed E-state index contributed by atoms with van der Waals surface area (Å²) in [6.45, 7) is 2.27. The molecule has 0 bridgehead atoms. The van der Waals surface area contributed by atoms with Gasteiger partial charge in [-0.1, -0.05) is 6.92 Å². The van der Waals surface area contributed by atoms with Crippen LogP contribution in [0.5, 0.6) is 0 Å². The van der Waals surface area contributed by atoms with E-state index in [0.29, 0.717) is 12.6 Å². The maximum Gasteiger partial charge on any atom is 0.211 e. The molecule has 1 aliphatic carbocycles. The molecule has 24 heavy (non-hydrogen) atoms. The van der Waals surface area contributed by atoms with Crippen molar-refractivity contribution >= 4 is 26.9 Å². The van der Waals surface area contributed by atoms with E-state index in [4.69, 9.17) is 0 Å². The number of hydrogen-bond acceptors (Lipinski definition) is 5. The third-order valence-corrected chi connectivity index (χ3v) is 6.49. The molecule has 1 fully saturated rings. The van der Waals surface area contributed by atoms with Gasteiger partial charge in [-0.2, -0.15) is 0 Å². The Labute approximate surface area is 142 Å². The second-order valence-electron chi connectivity index (χ2n) is 6.50. The van der Waals surface area contributed by atoms with E-state index < -0.39 is 10.0 Å². The van der Waals surface area contributed by atoms with E-state index in [2.05, 4.69) is 31.6 Å². The molecule has 2 aromatic heterocycles. The third-order valence-electron chi connectivity index (χ3n) is 4.85. The fourth-order valence-corrected chi connectivity index (χ4v) is 5.11. The zero-order valence-corrected chi connectivity index (χ0v) is 15.0. The Morgan fingerprint density at radius 1 is 1.29 bits per heavy atom. The maximum atomic E-state index is 11.9. The summed E-state index contributed by atoms with van der Waals surface area (Å²) in [6.07, 6.45) is 7.29. The molecule has 3 rings (SSSR count). The molecule has 7 nitrogen and oxygen atoms in total. The normalized spacial score (nSPS) is 21.9. The first kappa shape index (κ1) is 17.2. The lowest BCUT2D eigenvalue weighted by Crippen LogP contribution is -2.38. The number of aromatic nitrogens is 3. The minimum absolute atomic E-state index is 0.243. The van der Waals surface area contributed by atoms with E-state index in [1.807, 2.05) is 19.2 Å². The summed E-state index contributed by atoms with van der Waals surface area (Å²) in [5.74, 6) is 1.42. The first-order chi connectivity index (χ1) is 11.5. The molecule has 2 N–H and O–H groups in total. The molecule has 0 saturated heterocycles. The van der Waals surface area contributed by atoms with Crippen LogP contribution in [0.25, 0.3) is 11.0 Å². The van der Waals surface area contributed by atoms with Crippen LogP contribution in [-0.4, -0.2) is 48.8 Å². The van der Waals surface area contributed by atoms with E-state index in [1.165, 1.54) is 0 Å². The number of sulfonamides is 1. The van der Waals surface area contributed by atoms with Crippen LogP contribution in [0.15, 0.2) is 18.6 Å². The summed E-state index contributed by atoms with van der Waals surface area (Å²) < 4.78 is 26.4. The van der Waals surface area contributed by atoms with Gasteiger partial charge in [0.1, 0.15) is 17.8 Å². The van der Waals surface area contributed by atoms with E-state index in [0.717, 1.165) is 42.5 Å². The molecule has 0 aromatic carbocycles. The quantitative estimate of drug-likeness (QED) is 0.829. The highest BCUT2D eigenvalue weighted by molar-refractivity contribution is 7.89. The standard InChI is InChI=1S/C16H25N5O2S/c1-3-20-24(22,23)10-12-4-6-13(7-5-12)21(2)16-14-8-9-17-15(14)18-11-19-16/h8-9,11-13,20H,3-7,10H2,1-2H3,(H,17,18,19). The van der Waals surface area contributed by atoms with Crippen LogP contribution in [0.2, 0.25) is 0 Å². The van der Waals surface area contributed by atoms with Crippen LogP contribution in [0.1, 0.15) is 32.6 Å². The number of rotatable bonds is 6. The van der Waals surface area contributed by atoms with Crippen LogP contribution in [0.3, 0.4) is 0 Å². The Bertz CT molecular complexity index is 781. The molecular formula is C16H25N5O2S. The van der Waals surface area contributed by atoms with E-state index in [-0.39, 0.29) is 11.7 Å². The van der Waals surface area contributed by atoms with Crippen LogP contribution >= 0.6 is 0 Å². The molecule has 132 valence electrons. The third kappa shape index (κ3) is 3.70. The molecule has 0 radical (unpaired) electrons. The van der Waals surface area contributed by atoms with Crippen molar-refractivity contribution in [2.75, 3.05) is 24.2 Å². The second-order valence-corrected chi connectivity index (χ2v) is 8.35. The number of hydrogen-bond donors (Lipinski definition) is 2. The number of nitrogens with zero attached hydrogens (tertiary/aromatic N) is 3. The Morgan fingerprint density at radius 3 is 2.75 bits per heavy atom. The maximum absolute atomic E-state index is 11.9. The highest BCUT2D eigenvalue weighted by atomic mass is 32.2. The molecule has 2 heterocycles. The summed E-state index contributed by atoms with van der Waals surface area (Å²) in [5, 5.41) is 1.02. The zero-order chi connectivity index (χ0) is 17.2. The predicted molar refractivity (Wildman–Crippen MR) is 95.5 cm³/mol. The molecule has 2 aromatic rings. The first-order valence-corrected chi connectivity index (χ1v) is 10.1. The van der Waals surface area contributed by atoms with Crippen molar-refractivity contribution < 1.29 is 8.42 Å². The smallest absolute Gasteiger partial charge is 0.211 e. The van der Waals surface area contributed by atoms with Gasteiger partial charge in [-0.05, 0) is 37.7 Å². The van der Waals surface area contributed by atoms with E-state index in [9.17, 15) is 8.42 Å². The van der Waals surface area contributed by atoms with Crippen LogP contribution in [0.4, 0.5) is 5.82 Å². The topological polar surface area (TPSA) is 91.0 Å². The highest BCUT2D eigenvalue weighted by Gasteiger charge is 2.28. The summed E-state index contributed by atoms with van der Waals surface area (Å²) in [6, 6.07) is 2.38. The Kier molecular flexibility index (Phi) is 5.05. The van der Waals surface area contributed by atoms with Crippen molar-refractivity contribution in [3.8, 4) is 0 Å². The van der Waals surface area contributed by atoms with Gasteiger partial charge in [0, 0.05) is 25.8 Å². The lowest BCUT2D eigenvalue weighted by Gasteiger charge is -2.35. The van der Waals surface area contributed by atoms with Crippen molar-refractivity contribution in [3.05, 3.63) is 18.6 Å². The lowest BCUT2D eigenvalue weighted by atomic mass is 9.86. The average molecular weight is 351 g/mol. The SMILES string of the molecule is CCNS(=O)(=O)CC1CCC(N(C)c2ncnc3[nH]ccc23)CC1.